The van der Waals surface area contributed by atoms with Crippen molar-refractivity contribution in [1.82, 2.24) is 14.3 Å². The number of sulfonamides is 1. The highest BCUT2D eigenvalue weighted by Gasteiger charge is 2.33. The topological polar surface area (TPSA) is 92.1 Å². The molecule has 0 saturated carbocycles. The van der Waals surface area contributed by atoms with Crippen LogP contribution in [0.2, 0.25) is 0 Å². The molecule has 1 aromatic rings. The fourth-order valence-electron chi connectivity index (χ4n) is 2.16. The van der Waals surface area contributed by atoms with Gasteiger partial charge in [-0.15, -0.1) is 0 Å². The molecule has 1 aliphatic rings. The first-order valence-electron chi connectivity index (χ1n) is 5.74. The third-order valence-electron chi connectivity index (χ3n) is 3.47. The second kappa shape index (κ2) is 4.75. The van der Waals surface area contributed by atoms with Crippen LogP contribution in [-0.4, -0.2) is 42.3 Å². The molecule has 1 aliphatic heterocycles. The van der Waals surface area contributed by atoms with E-state index in [0.717, 1.165) is 6.42 Å². The Balaban J connectivity index is 2.19. The van der Waals surface area contributed by atoms with Crippen molar-refractivity contribution in [2.75, 3.05) is 19.6 Å². The number of aromatic nitrogens is 2. The normalized spacial score (nSPS) is 27.2. The van der Waals surface area contributed by atoms with Crippen LogP contribution in [0.15, 0.2) is 17.6 Å². The molecule has 6 nitrogen and oxygen atoms in total. The first-order chi connectivity index (χ1) is 8.05. The maximum absolute atomic E-state index is 12.2. The Morgan fingerprint density at radius 3 is 3.00 bits per heavy atom. The van der Waals surface area contributed by atoms with Gasteiger partial charge in [-0.25, -0.2) is 13.4 Å². The highest BCUT2D eigenvalue weighted by molar-refractivity contribution is 7.89. The lowest BCUT2D eigenvalue weighted by molar-refractivity contribution is 0.203. The summed E-state index contributed by atoms with van der Waals surface area (Å²) in [5.74, 6) is 0.717. The molecule has 2 heterocycles. The van der Waals surface area contributed by atoms with Crippen molar-refractivity contribution in [3.63, 3.8) is 0 Å². The maximum atomic E-state index is 12.2. The van der Waals surface area contributed by atoms with Crippen LogP contribution in [0.25, 0.3) is 0 Å². The predicted octanol–water partition coefficient (Wildman–Crippen LogP) is 0.0151. The van der Waals surface area contributed by atoms with Gasteiger partial charge < -0.3 is 10.7 Å². The summed E-state index contributed by atoms with van der Waals surface area (Å²) in [4.78, 5) is 6.40. The molecule has 2 unspecified atom stereocenters. The Morgan fingerprint density at radius 1 is 1.65 bits per heavy atom. The van der Waals surface area contributed by atoms with Gasteiger partial charge in [0, 0.05) is 13.1 Å². The van der Waals surface area contributed by atoms with Crippen LogP contribution < -0.4 is 5.73 Å². The van der Waals surface area contributed by atoms with Gasteiger partial charge in [-0.05, 0) is 24.8 Å². The van der Waals surface area contributed by atoms with E-state index in [-0.39, 0.29) is 10.9 Å². The zero-order valence-electron chi connectivity index (χ0n) is 9.83. The minimum atomic E-state index is -3.43. The van der Waals surface area contributed by atoms with Crippen molar-refractivity contribution in [3.05, 3.63) is 12.5 Å². The third-order valence-corrected chi connectivity index (χ3v) is 5.26. The molecule has 2 atom stereocenters. The number of H-pyrrole nitrogens is 1. The van der Waals surface area contributed by atoms with Crippen molar-refractivity contribution in [2.24, 2.45) is 17.6 Å². The van der Waals surface area contributed by atoms with Gasteiger partial charge in [-0.1, -0.05) is 6.92 Å². The number of aromatic amines is 1. The molecule has 1 saturated heterocycles. The maximum Gasteiger partial charge on any atom is 0.260 e. The summed E-state index contributed by atoms with van der Waals surface area (Å²) >= 11 is 0. The standard InChI is InChI=1S/C10H18N4O2S/c1-8-2-3-14(6-9(8)4-11)17(15,16)10-5-12-7-13-10/h5,7-9H,2-4,6,11H2,1H3,(H,12,13). The van der Waals surface area contributed by atoms with Crippen molar-refractivity contribution < 1.29 is 8.42 Å². The second-order valence-electron chi connectivity index (χ2n) is 4.54. The van der Waals surface area contributed by atoms with Crippen LogP contribution in [0, 0.1) is 11.8 Å². The van der Waals surface area contributed by atoms with Gasteiger partial charge in [0.1, 0.15) is 0 Å². The van der Waals surface area contributed by atoms with E-state index in [1.165, 1.54) is 16.8 Å². The van der Waals surface area contributed by atoms with Gasteiger partial charge in [-0.3, -0.25) is 0 Å². The number of imidazole rings is 1. The van der Waals surface area contributed by atoms with E-state index >= 15 is 0 Å². The van der Waals surface area contributed by atoms with E-state index in [0.29, 0.717) is 25.6 Å². The first kappa shape index (κ1) is 12.5. The zero-order chi connectivity index (χ0) is 12.5. The first-order valence-corrected chi connectivity index (χ1v) is 7.18. The molecular formula is C10H18N4O2S. The lowest BCUT2D eigenvalue weighted by Gasteiger charge is -2.35. The predicted molar refractivity (Wildman–Crippen MR) is 63.7 cm³/mol. The smallest absolute Gasteiger partial charge is 0.260 e. The number of piperidine rings is 1. The average molecular weight is 258 g/mol. The zero-order valence-corrected chi connectivity index (χ0v) is 10.7. The minimum absolute atomic E-state index is 0.155. The molecular weight excluding hydrogens is 240 g/mol. The highest BCUT2D eigenvalue weighted by Crippen LogP contribution is 2.26. The lowest BCUT2D eigenvalue weighted by atomic mass is 9.88. The van der Waals surface area contributed by atoms with Gasteiger partial charge in [0.15, 0.2) is 5.03 Å². The number of nitrogens with zero attached hydrogens (tertiary/aromatic N) is 2. The van der Waals surface area contributed by atoms with Crippen LogP contribution in [0.1, 0.15) is 13.3 Å². The van der Waals surface area contributed by atoms with E-state index in [4.69, 9.17) is 5.73 Å². The molecule has 1 fully saturated rings. The summed E-state index contributed by atoms with van der Waals surface area (Å²) in [6.45, 7) is 3.70. The molecule has 1 aromatic heterocycles. The fourth-order valence-corrected chi connectivity index (χ4v) is 3.57. The largest absolute Gasteiger partial charge is 0.335 e. The molecule has 0 radical (unpaired) electrons. The van der Waals surface area contributed by atoms with Crippen LogP contribution >= 0.6 is 0 Å². The Labute approximate surface area is 101 Å². The van der Waals surface area contributed by atoms with E-state index in [1.807, 2.05) is 0 Å². The van der Waals surface area contributed by atoms with E-state index in [1.54, 1.807) is 0 Å². The van der Waals surface area contributed by atoms with Crippen molar-refractivity contribution >= 4 is 10.0 Å². The van der Waals surface area contributed by atoms with Crippen LogP contribution in [-0.2, 0) is 10.0 Å². The Hall–Kier alpha value is -0.920. The number of hydrogen-bond donors (Lipinski definition) is 2. The number of rotatable bonds is 3. The van der Waals surface area contributed by atoms with Gasteiger partial charge in [-0.2, -0.15) is 4.31 Å². The summed E-state index contributed by atoms with van der Waals surface area (Å²) < 4.78 is 26.0. The van der Waals surface area contributed by atoms with Crippen LogP contribution in [0.3, 0.4) is 0 Å². The molecule has 17 heavy (non-hydrogen) atoms. The fraction of sp³-hybridized carbons (Fsp3) is 0.700. The van der Waals surface area contributed by atoms with Gasteiger partial charge in [0.25, 0.3) is 10.0 Å². The average Bonchev–Trinajstić information content (AvgIpc) is 2.83. The summed E-state index contributed by atoms with van der Waals surface area (Å²) in [6, 6.07) is 0. The molecule has 0 amide bonds. The van der Waals surface area contributed by atoms with Crippen LogP contribution in [0.4, 0.5) is 0 Å². The van der Waals surface area contributed by atoms with Crippen molar-refractivity contribution in [1.29, 1.82) is 0 Å². The van der Waals surface area contributed by atoms with E-state index in [2.05, 4.69) is 16.9 Å². The lowest BCUT2D eigenvalue weighted by Crippen LogP contribution is -2.45. The molecule has 0 aliphatic carbocycles. The molecule has 0 aromatic carbocycles. The van der Waals surface area contributed by atoms with Gasteiger partial charge in [0.05, 0.1) is 12.5 Å². The quantitative estimate of drug-likeness (QED) is 0.799. The van der Waals surface area contributed by atoms with E-state index in [9.17, 15) is 8.42 Å². The van der Waals surface area contributed by atoms with Gasteiger partial charge >= 0.3 is 0 Å². The summed E-state index contributed by atoms with van der Waals surface area (Å²) in [7, 11) is -3.43. The number of nitrogens with two attached hydrogens (primary N) is 1. The van der Waals surface area contributed by atoms with Gasteiger partial charge in [0.2, 0.25) is 0 Å². The summed E-state index contributed by atoms with van der Waals surface area (Å²) in [5.41, 5.74) is 5.68. The molecule has 0 spiro atoms. The van der Waals surface area contributed by atoms with E-state index < -0.39 is 10.0 Å². The number of hydrogen-bond acceptors (Lipinski definition) is 4. The molecule has 7 heteroatoms. The summed E-state index contributed by atoms with van der Waals surface area (Å²) in [5, 5.41) is 0.155. The molecule has 3 N–H and O–H groups in total. The molecule has 2 rings (SSSR count). The molecule has 96 valence electrons. The number of nitrogens with one attached hydrogen (secondary N) is 1. The van der Waals surface area contributed by atoms with Crippen LogP contribution in [0.5, 0.6) is 0 Å². The second-order valence-corrected chi connectivity index (χ2v) is 6.45. The monoisotopic (exact) mass is 258 g/mol. The third kappa shape index (κ3) is 2.36. The Morgan fingerprint density at radius 2 is 2.41 bits per heavy atom. The highest BCUT2D eigenvalue weighted by atomic mass is 32.2. The Bertz CT molecular complexity index is 457. The SMILES string of the molecule is CC1CCN(S(=O)(=O)c2cnc[nH]2)CC1CN. The minimum Gasteiger partial charge on any atom is -0.335 e. The summed E-state index contributed by atoms with van der Waals surface area (Å²) in [6.07, 6.45) is 3.57. The van der Waals surface area contributed by atoms with Crippen molar-refractivity contribution in [2.45, 2.75) is 18.4 Å². The van der Waals surface area contributed by atoms with Crippen molar-refractivity contribution in [3.8, 4) is 0 Å². The molecule has 0 bridgehead atoms. The Kier molecular flexibility index (Phi) is 3.50.